The van der Waals surface area contributed by atoms with Crippen molar-refractivity contribution in [3.8, 4) is 0 Å². The molecule has 3 nitrogen and oxygen atoms in total. The molecule has 0 spiro atoms. The first-order chi connectivity index (χ1) is 15.7. The molecule has 2 fully saturated rings. The molecule has 34 heavy (non-hydrogen) atoms. The van der Waals surface area contributed by atoms with E-state index in [1.54, 1.807) is 6.92 Å². The van der Waals surface area contributed by atoms with E-state index in [4.69, 9.17) is 0 Å². The number of ketones is 2. The van der Waals surface area contributed by atoms with Crippen LogP contribution < -0.4 is 0 Å². The Labute approximate surface area is 209 Å². The molecule has 0 saturated heterocycles. The highest BCUT2D eigenvalue weighted by Crippen LogP contribution is 2.62. The van der Waals surface area contributed by atoms with Gasteiger partial charge >= 0.3 is 0 Å². The zero-order chi connectivity index (χ0) is 25.7. The Kier molecular flexibility index (Phi) is 9.73. The van der Waals surface area contributed by atoms with Crippen LogP contribution in [0.5, 0.6) is 0 Å². The fraction of sp³-hybridized carbons (Fsp3) is 0.742. The lowest BCUT2D eigenvalue weighted by atomic mass is 9.45. The van der Waals surface area contributed by atoms with E-state index in [1.165, 1.54) is 11.1 Å². The normalized spacial score (nSPS) is 32.5. The van der Waals surface area contributed by atoms with Gasteiger partial charge in [-0.1, -0.05) is 50.1 Å². The number of carbonyl (C=O) groups is 2. The number of allylic oxidation sites excluding steroid dienone is 6. The summed E-state index contributed by atoms with van der Waals surface area (Å²) < 4.78 is 0. The molecule has 3 heteroatoms. The molecule has 2 rings (SSSR count). The first-order valence-corrected chi connectivity index (χ1v) is 13.5. The number of carbonyl (C=O) groups excluding carboxylic acids is 2. The molecule has 0 aromatic carbocycles. The molecular formula is C31H50O3. The van der Waals surface area contributed by atoms with Gasteiger partial charge in [-0.2, -0.15) is 0 Å². The predicted molar refractivity (Wildman–Crippen MR) is 143 cm³/mol. The van der Waals surface area contributed by atoms with E-state index in [9.17, 15) is 14.7 Å². The predicted octanol–water partition coefficient (Wildman–Crippen LogP) is 7.93. The maximum Gasteiger partial charge on any atom is 0.155 e. The lowest BCUT2D eigenvalue weighted by molar-refractivity contribution is -0.177. The number of rotatable bonds is 10. The highest BCUT2D eigenvalue weighted by Gasteiger charge is 2.59. The minimum atomic E-state index is -0.654. The standard InChI is InChI=1S/C31H50O3/c1-22(14-10-16-24(3)25(4)32)12-9-13-23(2)15-11-17-27-30(7)20-19-28(33)29(5,6)26(30)18-21-31(27,8)34/h12,15-16,26-27,34H,9-11,13-14,17-21H2,1-8H3/b22-12+,23-15+,24-16+/t26?,27-,30+,31-/m1/s1. The number of aliphatic hydroxyl groups is 1. The summed E-state index contributed by atoms with van der Waals surface area (Å²) in [4.78, 5) is 24.0. The first kappa shape index (κ1) is 28.8. The van der Waals surface area contributed by atoms with Crippen molar-refractivity contribution in [1.29, 1.82) is 0 Å². The Morgan fingerprint density at radius 3 is 2.06 bits per heavy atom. The Hall–Kier alpha value is -1.48. The Balaban J connectivity index is 1.92. The molecule has 0 aromatic heterocycles. The molecule has 192 valence electrons. The van der Waals surface area contributed by atoms with Gasteiger partial charge in [0, 0.05) is 11.8 Å². The molecule has 0 heterocycles. The summed E-state index contributed by atoms with van der Waals surface area (Å²) in [7, 11) is 0. The molecule has 0 aromatic rings. The van der Waals surface area contributed by atoms with E-state index >= 15 is 0 Å². The van der Waals surface area contributed by atoms with Crippen LogP contribution in [0.4, 0.5) is 0 Å². The zero-order valence-electron chi connectivity index (χ0n) is 23.2. The highest BCUT2D eigenvalue weighted by molar-refractivity contribution is 5.92. The van der Waals surface area contributed by atoms with Crippen LogP contribution in [0.2, 0.25) is 0 Å². The highest BCUT2D eigenvalue weighted by atomic mass is 16.3. The SMILES string of the molecule is CC(=O)/C(C)=C/CC/C(C)=C/CC/C(C)=C/CC[C@@H]1[C@@]2(C)CCC(=O)C(C)(C)C2CC[C@@]1(C)O. The first-order valence-electron chi connectivity index (χ1n) is 13.5. The van der Waals surface area contributed by atoms with Crippen LogP contribution in [0.3, 0.4) is 0 Å². The van der Waals surface area contributed by atoms with E-state index in [-0.39, 0.29) is 22.5 Å². The smallest absolute Gasteiger partial charge is 0.155 e. The summed E-state index contributed by atoms with van der Waals surface area (Å²) >= 11 is 0. The molecule has 4 atom stereocenters. The van der Waals surface area contributed by atoms with Crippen molar-refractivity contribution in [2.45, 2.75) is 125 Å². The van der Waals surface area contributed by atoms with Crippen molar-refractivity contribution >= 4 is 11.6 Å². The van der Waals surface area contributed by atoms with Crippen molar-refractivity contribution < 1.29 is 14.7 Å². The van der Waals surface area contributed by atoms with Gasteiger partial charge in [0.25, 0.3) is 0 Å². The molecule has 1 unspecified atom stereocenters. The lowest BCUT2D eigenvalue weighted by Gasteiger charge is -2.60. The summed E-state index contributed by atoms with van der Waals surface area (Å²) in [5.41, 5.74) is 2.74. The fourth-order valence-corrected chi connectivity index (χ4v) is 6.87. The van der Waals surface area contributed by atoms with Crippen LogP contribution >= 0.6 is 0 Å². The van der Waals surface area contributed by atoms with Crippen molar-refractivity contribution in [3.05, 3.63) is 34.9 Å². The summed E-state index contributed by atoms with van der Waals surface area (Å²) in [5, 5.41) is 11.3. The monoisotopic (exact) mass is 470 g/mol. The van der Waals surface area contributed by atoms with E-state index in [2.05, 4.69) is 46.8 Å². The summed E-state index contributed by atoms with van der Waals surface area (Å²) in [6.45, 7) is 16.5. The third-order valence-corrected chi connectivity index (χ3v) is 9.29. The average molecular weight is 471 g/mol. The second-order valence-corrected chi connectivity index (χ2v) is 12.4. The summed E-state index contributed by atoms with van der Waals surface area (Å²) in [5.74, 6) is 1.14. The van der Waals surface area contributed by atoms with Gasteiger partial charge in [0.1, 0.15) is 5.78 Å². The van der Waals surface area contributed by atoms with Gasteiger partial charge in [0.2, 0.25) is 0 Å². The Morgan fingerprint density at radius 1 is 0.912 bits per heavy atom. The summed E-state index contributed by atoms with van der Waals surface area (Å²) in [6.07, 6.45) is 16.0. The topological polar surface area (TPSA) is 54.4 Å². The number of hydrogen-bond acceptors (Lipinski definition) is 3. The van der Waals surface area contributed by atoms with E-state index in [0.717, 1.165) is 63.4 Å². The van der Waals surface area contributed by atoms with E-state index in [1.807, 2.05) is 19.9 Å². The van der Waals surface area contributed by atoms with Gasteiger partial charge in [-0.3, -0.25) is 9.59 Å². The number of fused-ring (bicyclic) bond motifs is 1. The van der Waals surface area contributed by atoms with Crippen molar-refractivity contribution in [2.24, 2.45) is 22.7 Å². The second-order valence-electron chi connectivity index (χ2n) is 12.4. The van der Waals surface area contributed by atoms with Crippen LogP contribution in [-0.4, -0.2) is 22.3 Å². The van der Waals surface area contributed by atoms with Crippen LogP contribution in [0.25, 0.3) is 0 Å². The third-order valence-electron chi connectivity index (χ3n) is 9.29. The van der Waals surface area contributed by atoms with Gasteiger partial charge in [0.15, 0.2) is 5.78 Å². The van der Waals surface area contributed by atoms with Gasteiger partial charge in [-0.15, -0.1) is 0 Å². The summed E-state index contributed by atoms with van der Waals surface area (Å²) in [6, 6.07) is 0. The van der Waals surface area contributed by atoms with Gasteiger partial charge in [0.05, 0.1) is 5.60 Å². The fourth-order valence-electron chi connectivity index (χ4n) is 6.87. The number of hydrogen-bond donors (Lipinski definition) is 1. The van der Waals surface area contributed by atoms with Crippen molar-refractivity contribution in [1.82, 2.24) is 0 Å². The van der Waals surface area contributed by atoms with Crippen molar-refractivity contribution in [2.75, 3.05) is 0 Å². The molecule has 0 aliphatic heterocycles. The third kappa shape index (κ3) is 6.80. The minimum absolute atomic E-state index is 0.0238. The maximum atomic E-state index is 12.7. The molecule has 0 amide bonds. The molecule has 1 N–H and O–H groups in total. The van der Waals surface area contributed by atoms with E-state index < -0.39 is 5.60 Å². The molecule has 2 aliphatic carbocycles. The van der Waals surface area contributed by atoms with E-state index in [0.29, 0.717) is 18.1 Å². The van der Waals surface area contributed by atoms with Crippen LogP contribution in [-0.2, 0) is 9.59 Å². The average Bonchev–Trinajstić information content (AvgIpc) is 2.72. The molecular weight excluding hydrogens is 420 g/mol. The maximum absolute atomic E-state index is 12.7. The molecule has 2 saturated carbocycles. The molecule has 0 radical (unpaired) electrons. The quantitative estimate of drug-likeness (QED) is 0.260. The number of Topliss-reactive ketones (excluding diaryl/α,β-unsaturated/α-hetero) is 2. The van der Waals surface area contributed by atoms with Gasteiger partial charge in [-0.05, 0) is 115 Å². The van der Waals surface area contributed by atoms with Crippen LogP contribution in [0, 0.1) is 22.7 Å². The lowest BCUT2D eigenvalue weighted by Crippen LogP contribution is -2.59. The Morgan fingerprint density at radius 2 is 1.47 bits per heavy atom. The van der Waals surface area contributed by atoms with Crippen LogP contribution in [0.1, 0.15) is 120 Å². The largest absolute Gasteiger partial charge is 0.390 e. The van der Waals surface area contributed by atoms with Gasteiger partial charge in [-0.25, -0.2) is 0 Å². The molecule has 0 bridgehead atoms. The zero-order valence-corrected chi connectivity index (χ0v) is 23.2. The van der Waals surface area contributed by atoms with Crippen molar-refractivity contribution in [3.63, 3.8) is 0 Å². The second kappa shape index (κ2) is 11.5. The van der Waals surface area contributed by atoms with Crippen LogP contribution in [0.15, 0.2) is 34.9 Å². The van der Waals surface area contributed by atoms with Gasteiger partial charge < -0.3 is 5.11 Å². The Bertz CT molecular complexity index is 839. The minimum Gasteiger partial charge on any atom is -0.390 e. The molecule has 2 aliphatic rings.